The molecule has 3 heterocycles. The van der Waals surface area contributed by atoms with Gasteiger partial charge < -0.3 is 19.3 Å². The third-order valence-corrected chi connectivity index (χ3v) is 6.92. The Hall–Kier alpha value is -5.16. The number of hydrogen-bond acceptors (Lipinski definition) is 8. The lowest BCUT2D eigenvalue weighted by Gasteiger charge is -2.18. The minimum absolute atomic E-state index is 0.120. The van der Waals surface area contributed by atoms with Crippen LogP contribution in [0.5, 0.6) is 23.1 Å². The molecule has 3 aromatic heterocycles. The molecule has 0 fully saturated rings. The maximum Gasteiger partial charge on any atom is 0.266 e. The zero-order valence-corrected chi connectivity index (χ0v) is 23.7. The number of carbonyl (C=O) groups excluding carboxylic acids is 1. The van der Waals surface area contributed by atoms with Crippen LogP contribution >= 0.6 is 0 Å². The molecule has 1 atom stereocenters. The first-order valence-electron chi connectivity index (χ1n) is 13.2. The topological polar surface area (TPSA) is 113 Å². The molecule has 1 unspecified atom stereocenters. The van der Waals surface area contributed by atoms with Gasteiger partial charge in [0.05, 0.1) is 31.4 Å². The first-order valence-corrected chi connectivity index (χ1v) is 13.2. The number of pyridine rings is 3. The molecular weight excluding hydrogens is 560 g/mol. The van der Waals surface area contributed by atoms with Crippen LogP contribution < -0.4 is 19.8 Å². The second-order valence-corrected chi connectivity index (χ2v) is 9.74. The van der Waals surface area contributed by atoms with Crippen LogP contribution in [0.25, 0.3) is 16.7 Å². The van der Waals surface area contributed by atoms with E-state index in [0.717, 1.165) is 6.07 Å². The van der Waals surface area contributed by atoms with Crippen molar-refractivity contribution in [2.75, 3.05) is 14.2 Å². The zero-order chi connectivity index (χ0) is 30.8. The molecule has 0 aliphatic carbocycles. The van der Waals surface area contributed by atoms with Gasteiger partial charge in [0.2, 0.25) is 0 Å². The summed E-state index contributed by atoms with van der Waals surface area (Å²) in [5.41, 5.74) is 1.34. The molecule has 0 aliphatic heterocycles. The highest BCUT2D eigenvalue weighted by molar-refractivity contribution is 5.97. The van der Waals surface area contributed by atoms with Crippen LogP contribution in [0, 0.1) is 18.6 Å². The Bertz CT molecular complexity index is 1910. The number of methoxy groups -OCH3 is 2. The summed E-state index contributed by atoms with van der Waals surface area (Å²) in [6.07, 6.45) is 0.194. The Morgan fingerprint density at radius 1 is 0.977 bits per heavy atom. The van der Waals surface area contributed by atoms with Crippen LogP contribution in [0.3, 0.4) is 0 Å². The monoisotopic (exact) mass is 587 g/mol. The molecule has 5 aromatic rings. The molecule has 11 heteroatoms. The van der Waals surface area contributed by atoms with Gasteiger partial charge in [0.1, 0.15) is 11.3 Å². The summed E-state index contributed by atoms with van der Waals surface area (Å²) < 4.78 is 46.4. The van der Waals surface area contributed by atoms with Crippen molar-refractivity contribution in [1.29, 1.82) is 0 Å². The number of ether oxygens (including phenoxy) is 3. The summed E-state index contributed by atoms with van der Waals surface area (Å²) >= 11 is 0. The van der Waals surface area contributed by atoms with Crippen molar-refractivity contribution in [1.82, 2.24) is 14.5 Å². The molecule has 0 radical (unpaired) electrons. The molecule has 0 bridgehead atoms. The van der Waals surface area contributed by atoms with E-state index in [9.17, 15) is 19.1 Å². The Balaban J connectivity index is 1.45. The van der Waals surface area contributed by atoms with Crippen molar-refractivity contribution in [3.05, 3.63) is 111 Å². The molecule has 43 heavy (non-hydrogen) atoms. The zero-order valence-electron chi connectivity index (χ0n) is 23.7. The van der Waals surface area contributed by atoms with Crippen molar-refractivity contribution in [2.45, 2.75) is 26.4 Å². The van der Waals surface area contributed by atoms with E-state index >= 15 is 4.39 Å². The molecule has 5 rings (SSSR count). The van der Waals surface area contributed by atoms with Gasteiger partial charge in [-0.2, -0.15) is 0 Å². The highest BCUT2D eigenvalue weighted by Crippen LogP contribution is 2.34. The number of benzene rings is 2. The summed E-state index contributed by atoms with van der Waals surface area (Å²) in [5, 5.41) is 10.3. The maximum absolute atomic E-state index is 15.2. The van der Waals surface area contributed by atoms with E-state index in [1.54, 1.807) is 13.0 Å². The lowest BCUT2D eigenvalue weighted by Crippen LogP contribution is -2.29. The SMILES string of the molecule is COc1cc2nccc(Oc3ccc(CC(=O)c4cc(C(C)O)c(C)n(-c5ccc(F)cc5)c4=O)cc3F)c2nc1OC. The molecule has 2 aromatic carbocycles. The number of ketones is 1. The molecular formula is C32H27F2N3O6. The van der Waals surface area contributed by atoms with Gasteiger partial charge in [-0.15, -0.1) is 0 Å². The number of halogens is 2. The van der Waals surface area contributed by atoms with Crippen molar-refractivity contribution < 1.29 is 32.9 Å². The molecule has 0 saturated carbocycles. The first-order chi connectivity index (χ1) is 20.6. The molecule has 0 aliphatic rings. The highest BCUT2D eigenvalue weighted by Gasteiger charge is 2.22. The van der Waals surface area contributed by atoms with Crippen LogP contribution in [-0.2, 0) is 6.42 Å². The van der Waals surface area contributed by atoms with Gasteiger partial charge in [0.15, 0.2) is 28.8 Å². The fourth-order valence-electron chi connectivity index (χ4n) is 4.77. The van der Waals surface area contributed by atoms with E-state index in [-0.39, 0.29) is 29.4 Å². The molecule has 9 nitrogen and oxygen atoms in total. The van der Waals surface area contributed by atoms with Crippen LogP contribution in [0.2, 0.25) is 0 Å². The second-order valence-electron chi connectivity index (χ2n) is 9.74. The van der Waals surface area contributed by atoms with Gasteiger partial charge in [0.25, 0.3) is 11.4 Å². The first kappa shape index (κ1) is 29.3. The predicted molar refractivity (Wildman–Crippen MR) is 155 cm³/mol. The van der Waals surface area contributed by atoms with Crippen LogP contribution in [-0.4, -0.2) is 39.6 Å². The van der Waals surface area contributed by atoms with Gasteiger partial charge in [-0.25, -0.2) is 13.8 Å². The number of aromatic nitrogens is 3. The van der Waals surface area contributed by atoms with E-state index in [2.05, 4.69) is 9.97 Å². The largest absolute Gasteiger partial charge is 0.491 e. The van der Waals surface area contributed by atoms with Crippen LogP contribution in [0.1, 0.15) is 40.2 Å². The number of nitrogens with zero attached hydrogens (tertiary/aromatic N) is 3. The van der Waals surface area contributed by atoms with Gasteiger partial charge >= 0.3 is 0 Å². The molecule has 220 valence electrons. The number of carbonyl (C=O) groups is 1. The summed E-state index contributed by atoms with van der Waals surface area (Å²) in [7, 11) is 2.91. The quantitative estimate of drug-likeness (QED) is 0.220. The molecule has 0 amide bonds. The standard InChI is InChI=1S/C32H27F2N3O6/c1-17-22(18(2)38)15-23(32(40)37(17)21-8-6-20(33)7-9-21)26(39)14-19-5-10-27(24(34)13-19)43-28-11-12-35-25-16-29(41-3)31(42-4)36-30(25)28/h5-13,15-16,18,38H,14H2,1-4H3. The Labute approximate surface area is 244 Å². The molecule has 0 saturated heterocycles. The van der Waals surface area contributed by atoms with E-state index in [0.29, 0.717) is 39.3 Å². The van der Waals surface area contributed by atoms with Gasteiger partial charge in [-0.1, -0.05) is 6.07 Å². The molecule has 0 spiro atoms. The summed E-state index contributed by atoms with van der Waals surface area (Å²) in [6.45, 7) is 3.14. The summed E-state index contributed by atoms with van der Waals surface area (Å²) in [6, 6.07) is 13.7. The van der Waals surface area contributed by atoms with E-state index in [1.807, 2.05) is 0 Å². The van der Waals surface area contributed by atoms with Gasteiger partial charge in [0, 0.05) is 41.7 Å². The number of rotatable bonds is 9. The van der Waals surface area contributed by atoms with Crippen LogP contribution in [0.4, 0.5) is 8.78 Å². The van der Waals surface area contributed by atoms with Gasteiger partial charge in [-0.05, 0) is 61.9 Å². The third kappa shape index (κ3) is 5.80. The number of fused-ring (bicyclic) bond motifs is 1. The number of hydrogen-bond donors (Lipinski definition) is 1. The van der Waals surface area contributed by atoms with Crippen molar-refractivity contribution in [2.24, 2.45) is 0 Å². The van der Waals surface area contributed by atoms with Crippen molar-refractivity contribution >= 4 is 16.8 Å². The normalized spacial score (nSPS) is 11.8. The average Bonchev–Trinajstić information content (AvgIpc) is 2.98. The smallest absolute Gasteiger partial charge is 0.266 e. The fourth-order valence-corrected chi connectivity index (χ4v) is 4.77. The number of Topliss-reactive ketones (excluding diaryl/α,β-unsaturated/α-hetero) is 1. The van der Waals surface area contributed by atoms with Crippen molar-refractivity contribution in [3.63, 3.8) is 0 Å². The Kier molecular flexibility index (Phi) is 8.18. The number of aliphatic hydroxyl groups excluding tert-OH is 1. The lowest BCUT2D eigenvalue weighted by atomic mass is 9.99. The summed E-state index contributed by atoms with van der Waals surface area (Å²) in [4.78, 5) is 35.4. The van der Waals surface area contributed by atoms with Crippen LogP contribution in [0.15, 0.2) is 71.7 Å². The summed E-state index contributed by atoms with van der Waals surface area (Å²) in [5.74, 6) is -1.13. The lowest BCUT2D eigenvalue weighted by molar-refractivity contribution is 0.0990. The van der Waals surface area contributed by atoms with Crippen molar-refractivity contribution in [3.8, 4) is 28.8 Å². The Morgan fingerprint density at radius 3 is 2.37 bits per heavy atom. The van der Waals surface area contributed by atoms with Gasteiger partial charge in [-0.3, -0.25) is 19.1 Å². The highest BCUT2D eigenvalue weighted by atomic mass is 19.1. The van der Waals surface area contributed by atoms with E-state index in [1.165, 1.54) is 80.4 Å². The second kappa shape index (κ2) is 12.0. The minimum atomic E-state index is -0.993. The minimum Gasteiger partial charge on any atom is -0.491 e. The average molecular weight is 588 g/mol. The molecule has 1 N–H and O–H groups in total. The number of aliphatic hydroxyl groups is 1. The van der Waals surface area contributed by atoms with E-state index < -0.39 is 29.1 Å². The fraction of sp³-hybridized carbons (Fsp3) is 0.188. The Morgan fingerprint density at radius 2 is 1.72 bits per heavy atom. The van der Waals surface area contributed by atoms with E-state index in [4.69, 9.17) is 14.2 Å². The predicted octanol–water partition coefficient (Wildman–Crippen LogP) is 5.66. The third-order valence-electron chi connectivity index (χ3n) is 6.92. The maximum atomic E-state index is 15.2.